The standard InChI is InChI=1S/C25H33N5O7S2/c1-26-38(32,33)22-4-2-3-21(13-22)36-18-20(31)15-28-19-14-25(37-17-19)7-10-30(11-8-25)39(34,35)23-5-6-24-27-9-12-29(24)16-23/h2-6,9,12-13,16,19-20,26,28,31H,7-8,10-11,14-15,17-18H2,1H3/t19-,20?/m1/s1. The van der Waals surface area contributed by atoms with E-state index < -0.39 is 31.8 Å². The van der Waals surface area contributed by atoms with Gasteiger partial charge in [-0.2, -0.15) is 4.31 Å². The van der Waals surface area contributed by atoms with E-state index in [2.05, 4.69) is 15.0 Å². The Labute approximate surface area is 228 Å². The van der Waals surface area contributed by atoms with Crippen molar-refractivity contribution >= 4 is 25.7 Å². The number of rotatable bonds is 10. The van der Waals surface area contributed by atoms with Crippen LogP contribution >= 0.6 is 0 Å². The molecule has 2 aliphatic rings. The molecule has 2 aliphatic heterocycles. The number of aromatic nitrogens is 2. The van der Waals surface area contributed by atoms with Crippen LogP contribution < -0.4 is 14.8 Å². The Bertz CT molecular complexity index is 1520. The summed E-state index contributed by atoms with van der Waals surface area (Å²) in [7, 11) is -5.87. The van der Waals surface area contributed by atoms with E-state index in [0.29, 0.717) is 43.9 Å². The van der Waals surface area contributed by atoms with Crippen LogP contribution in [0.2, 0.25) is 0 Å². The summed E-state index contributed by atoms with van der Waals surface area (Å²) in [6, 6.07) is 9.38. The molecule has 0 aliphatic carbocycles. The number of fused-ring (bicyclic) bond motifs is 1. The summed E-state index contributed by atoms with van der Waals surface area (Å²) in [6.45, 7) is 1.48. The van der Waals surface area contributed by atoms with Gasteiger partial charge in [0.1, 0.15) is 24.1 Å². The molecule has 0 radical (unpaired) electrons. The largest absolute Gasteiger partial charge is 0.491 e. The van der Waals surface area contributed by atoms with Gasteiger partial charge in [-0.05, 0) is 50.6 Å². The van der Waals surface area contributed by atoms with Gasteiger partial charge in [-0.15, -0.1) is 0 Å². The summed E-state index contributed by atoms with van der Waals surface area (Å²) < 4.78 is 67.6. The zero-order valence-electron chi connectivity index (χ0n) is 21.6. The fourth-order valence-electron chi connectivity index (χ4n) is 5.06. The Balaban J connectivity index is 1.08. The second-order valence-electron chi connectivity index (χ2n) is 9.91. The Morgan fingerprint density at radius 2 is 1.97 bits per heavy atom. The minimum atomic E-state index is -3.62. The van der Waals surface area contributed by atoms with Crippen LogP contribution in [0.25, 0.3) is 5.65 Å². The second kappa shape index (κ2) is 11.1. The van der Waals surface area contributed by atoms with Crippen LogP contribution in [0.5, 0.6) is 5.75 Å². The lowest BCUT2D eigenvalue weighted by Gasteiger charge is -2.38. The van der Waals surface area contributed by atoms with Crippen LogP contribution in [0.1, 0.15) is 19.3 Å². The number of benzene rings is 1. The lowest BCUT2D eigenvalue weighted by atomic mass is 9.88. The van der Waals surface area contributed by atoms with Gasteiger partial charge in [-0.1, -0.05) is 6.07 Å². The van der Waals surface area contributed by atoms with E-state index >= 15 is 0 Å². The number of hydrogen-bond acceptors (Lipinski definition) is 9. The highest BCUT2D eigenvalue weighted by atomic mass is 32.2. The highest BCUT2D eigenvalue weighted by Crippen LogP contribution is 2.37. The highest BCUT2D eigenvalue weighted by molar-refractivity contribution is 7.89. The van der Waals surface area contributed by atoms with Crippen molar-refractivity contribution in [1.29, 1.82) is 0 Å². The SMILES string of the molecule is CNS(=O)(=O)c1cccc(OCC(O)CN[C@H]2COC3(CCN(S(=O)(=O)c4ccc5nccn5c4)CC3)C2)c1. The van der Waals surface area contributed by atoms with Crippen LogP contribution in [-0.4, -0.2) is 93.3 Å². The van der Waals surface area contributed by atoms with Gasteiger partial charge in [-0.25, -0.2) is 26.5 Å². The molecule has 1 aromatic carbocycles. The molecule has 14 heteroatoms. The van der Waals surface area contributed by atoms with E-state index in [0.717, 1.165) is 6.42 Å². The Hall–Kier alpha value is -2.59. The molecule has 3 aromatic rings. The van der Waals surface area contributed by atoms with Crippen LogP contribution in [0.3, 0.4) is 0 Å². The normalized spacial score (nSPS) is 20.9. The first-order valence-electron chi connectivity index (χ1n) is 12.7. The van der Waals surface area contributed by atoms with Crippen molar-refractivity contribution in [3.8, 4) is 5.75 Å². The number of aliphatic hydroxyl groups is 1. The number of hydrogen-bond donors (Lipinski definition) is 3. The topological polar surface area (TPSA) is 152 Å². The maximum Gasteiger partial charge on any atom is 0.244 e. The molecule has 2 aromatic heterocycles. The van der Waals surface area contributed by atoms with E-state index in [4.69, 9.17) is 9.47 Å². The zero-order chi connectivity index (χ0) is 27.7. The average Bonchev–Trinajstić information content (AvgIpc) is 3.58. The fourth-order valence-corrected chi connectivity index (χ4v) is 7.28. The number of imidazole rings is 1. The van der Waals surface area contributed by atoms with Gasteiger partial charge in [0.15, 0.2) is 0 Å². The van der Waals surface area contributed by atoms with E-state index in [1.54, 1.807) is 47.3 Å². The number of ether oxygens (including phenoxy) is 2. The first-order chi connectivity index (χ1) is 18.6. The van der Waals surface area contributed by atoms with Crippen molar-refractivity contribution < 1.29 is 31.4 Å². The number of nitrogens with one attached hydrogen (secondary N) is 2. The van der Waals surface area contributed by atoms with Crippen molar-refractivity contribution in [3.63, 3.8) is 0 Å². The molecular formula is C25H33N5O7S2. The molecule has 2 fully saturated rings. The Kier molecular flexibility index (Phi) is 7.97. The van der Waals surface area contributed by atoms with Gasteiger partial charge in [0, 0.05) is 50.3 Å². The number of piperidine rings is 1. The molecule has 3 N–H and O–H groups in total. The van der Waals surface area contributed by atoms with Crippen molar-refractivity contribution in [1.82, 2.24) is 23.7 Å². The highest BCUT2D eigenvalue weighted by Gasteiger charge is 2.44. The third-order valence-electron chi connectivity index (χ3n) is 7.31. The van der Waals surface area contributed by atoms with Crippen molar-refractivity contribution in [2.75, 3.05) is 39.9 Å². The molecule has 0 bridgehead atoms. The van der Waals surface area contributed by atoms with Crippen molar-refractivity contribution in [3.05, 3.63) is 55.0 Å². The van der Waals surface area contributed by atoms with E-state index in [1.807, 2.05) is 0 Å². The van der Waals surface area contributed by atoms with E-state index in [-0.39, 0.29) is 29.0 Å². The molecule has 4 heterocycles. The predicted octanol–water partition coefficient (Wildman–Crippen LogP) is 0.584. The van der Waals surface area contributed by atoms with Crippen molar-refractivity contribution in [2.24, 2.45) is 0 Å². The smallest absolute Gasteiger partial charge is 0.244 e. The molecular weight excluding hydrogens is 546 g/mol. The van der Waals surface area contributed by atoms with E-state index in [9.17, 15) is 21.9 Å². The average molecular weight is 580 g/mol. The summed E-state index contributed by atoms with van der Waals surface area (Å²) in [5.41, 5.74) is 0.300. The molecule has 0 saturated carbocycles. The fraction of sp³-hybridized carbons (Fsp3) is 0.480. The lowest BCUT2D eigenvalue weighted by molar-refractivity contribution is -0.0312. The van der Waals surface area contributed by atoms with Crippen LogP contribution in [-0.2, 0) is 24.8 Å². The quantitative estimate of drug-likeness (QED) is 0.313. The van der Waals surface area contributed by atoms with Crippen molar-refractivity contribution in [2.45, 2.75) is 46.8 Å². The lowest BCUT2D eigenvalue weighted by Crippen LogP contribution is -2.47. The van der Waals surface area contributed by atoms with Gasteiger partial charge in [0.05, 0.1) is 22.0 Å². The molecule has 39 heavy (non-hydrogen) atoms. The minimum Gasteiger partial charge on any atom is -0.491 e. The number of sulfonamides is 2. The number of nitrogens with zero attached hydrogens (tertiary/aromatic N) is 3. The molecule has 1 unspecified atom stereocenters. The zero-order valence-corrected chi connectivity index (χ0v) is 23.2. The number of aliphatic hydroxyl groups excluding tert-OH is 1. The maximum atomic E-state index is 13.2. The first kappa shape index (κ1) is 28.0. The summed E-state index contributed by atoms with van der Waals surface area (Å²) in [6.07, 6.45) is 6.03. The van der Waals surface area contributed by atoms with Gasteiger partial charge < -0.3 is 24.3 Å². The molecule has 212 valence electrons. The first-order valence-corrected chi connectivity index (χ1v) is 15.7. The summed E-state index contributed by atoms with van der Waals surface area (Å²) in [4.78, 5) is 4.48. The van der Waals surface area contributed by atoms with Gasteiger partial charge in [0.25, 0.3) is 0 Å². The number of pyridine rings is 1. The third-order valence-corrected chi connectivity index (χ3v) is 10.6. The predicted molar refractivity (Wildman–Crippen MR) is 142 cm³/mol. The van der Waals surface area contributed by atoms with Gasteiger partial charge in [-0.3, -0.25) is 0 Å². The van der Waals surface area contributed by atoms with Gasteiger partial charge >= 0.3 is 0 Å². The van der Waals surface area contributed by atoms with Gasteiger partial charge in [0.2, 0.25) is 20.0 Å². The summed E-state index contributed by atoms with van der Waals surface area (Å²) in [5.74, 6) is 0.347. The molecule has 2 saturated heterocycles. The molecule has 5 rings (SSSR count). The summed E-state index contributed by atoms with van der Waals surface area (Å²) >= 11 is 0. The third kappa shape index (κ3) is 6.11. The summed E-state index contributed by atoms with van der Waals surface area (Å²) in [5, 5.41) is 13.7. The second-order valence-corrected chi connectivity index (χ2v) is 13.7. The maximum absolute atomic E-state index is 13.2. The Morgan fingerprint density at radius 3 is 2.74 bits per heavy atom. The van der Waals surface area contributed by atoms with Crippen LogP contribution in [0.15, 0.2) is 64.8 Å². The van der Waals surface area contributed by atoms with Crippen LogP contribution in [0.4, 0.5) is 0 Å². The molecule has 2 atom stereocenters. The monoisotopic (exact) mass is 579 g/mol. The van der Waals surface area contributed by atoms with Crippen LogP contribution in [0, 0.1) is 0 Å². The Morgan fingerprint density at radius 1 is 1.18 bits per heavy atom. The minimum absolute atomic E-state index is 0.00748. The molecule has 1 spiro atoms. The molecule has 12 nitrogen and oxygen atoms in total. The van der Waals surface area contributed by atoms with E-state index in [1.165, 1.54) is 23.5 Å². The molecule has 0 amide bonds.